The molecule has 3 rings (SSSR count). The first-order chi connectivity index (χ1) is 14.5. The van der Waals surface area contributed by atoms with E-state index in [1.54, 1.807) is 0 Å². The SMILES string of the molecule is FCCCC[Si@H]1CC[C@H](CC[C@H]2CC[C@H](c3ccc(C=C(F)F)c(F)c3)CC2)CC1. The van der Waals surface area contributed by atoms with Crippen molar-refractivity contribution in [3.8, 4) is 0 Å². The number of hydrogen-bond acceptors (Lipinski definition) is 0. The third-order valence-electron chi connectivity index (χ3n) is 7.55. The molecule has 1 heterocycles. The first-order valence-corrected chi connectivity index (χ1v) is 14.4. The van der Waals surface area contributed by atoms with E-state index in [4.69, 9.17) is 0 Å². The van der Waals surface area contributed by atoms with Crippen molar-refractivity contribution in [1.82, 2.24) is 0 Å². The molecule has 1 saturated carbocycles. The molecular formula is C25H36F4Si. The molecule has 0 bridgehead atoms. The maximum atomic E-state index is 14.1. The van der Waals surface area contributed by atoms with Crippen LogP contribution in [0.15, 0.2) is 24.3 Å². The van der Waals surface area contributed by atoms with E-state index < -0.39 is 20.7 Å². The van der Waals surface area contributed by atoms with Crippen LogP contribution >= 0.6 is 0 Å². The summed E-state index contributed by atoms with van der Waals surface area (Å²) in [5.41, 5.74) is 0.922. The third kappa shape index (κ3) is 7.25. The van der Waals surface area contributed by atoms with Gasteiger partial charge in [0.05, 0.1) is 6.67 Å². The van der Waals surface area contributed by atoms with Gasteiger partial charge in [0.2, 0.25) is 0 Å². The van der Waals surface area contributed by atoms with Crippen LogP contribution in [0.1, 0.15) is 81.3 Å². The summed E-state index contributed by atoms with van der Waals surface area (Å²) in [5, 5.41) is 0. The normalized spacial score (nSPS) is 27.1. The van der Waals surface area contributed by atoms with Gasteiger partial charge in [-0.25, -0.2) is 4.39 Å². The van der Waals surface area contributed by atoms with Crippen molar-refractivity contribution >= 4 is 14.9 Å². The van der Waals surface area contributed by atoms with Crippen molar-refractivity contribution < 1.29 is 17.6 Å². The van der Waals surface area contributed by atoms with Gasteiger partial charge < -0.3 is 0 Å². The molecule has 1 saturated heterocycles. The largest absolute Gasteiger partial charge is 0.271 e. The van der Waals surface area contributed by atoms with Crippen LogP contribution in [0.4, 0.5) is 17.6 Å². The monoisotopic (exact) mass is 440 g/mol. The molecule has 0 aromatic heterocycles. The quantitative estimate of drug-likeness (QED) is 0.205. The molecule has 0 unspecified atom stereocenters. The minimum absolute atomic E-state index is 0.0346. The fourth-order valence-corrected chi connectivity index (χ4v) is 9.24. The number of benzene rings is 1. The molecular weight excluding hydrogens is 404 g/mol. The molecule has 0 amide bonds. The van der Waals surface area contributed by atoms with Gasteiger partial charge in [0.15, 0.2) is 0 Å². The topological polar surface area (TPSA) is 0 Å². The second kappa shape index (κ2) is 12.1. The molecule has 0 atom stereocenters. The Hall–Kier alpha value is -1.10. The van der Waals surface area contributed by atoms with Crippen molar-refractivity contribution in [3.63, 3.8) is 0 Å². The van der Waals surface area contributed by atoms with E-state index in [2.05, 4.69) is 0 Å². The van der Waals surface area contributed by atoms with E-state index in [-0.39, 0.29) is 12.2 Å². The van der Waals surface area contributed by atoms with Crippen LogP contribution in [0, 0.1) is 17.7 Å². The maximum Gasteiger partial charge on any atom is 0.271 e. The van der Waals surface area contributed by atoms with Crippen molar-refractivity contribution in [1.29, 1.82) is 0 Å². The Morgan fingerprint density at radius 3 is 2.20 bits per heavy atom. The van der Waals surface area contributed by atoms with E-state index in [1.807, 2.05) is 6.07 Å². The van der Waals surface area contributed by atoms with Gasteiger partial charge in [-0.2, -0.15) is 8.78 Å². The van der Waals surface area contributed by atoms with E-state index in [0.717, 1.165) is 43.1 Å². The summed E-state index contributed by atoms with van der Waals surface area (Å²) in [6, 6.07) is 9.03. The van der Waals surface area contributed by atoms with Gasteiger partial charge in [-0.05, 0) is 61.5 Å². The van der Waals surface area contributed by atoms with Gasteiger partial charge in [-0.15, -0.1) is 0 Å². The lowest BCUT2D eigenvalue weighted by molar-refractivity contribution is 0.280. The highest BCUT2D eigenvalue weighted by atomic mass is 28.3. The van der Waals surface area contributed by atoms with Crippen LogP contribution in [0.3, 0.4) is 0 Å². The molecule has 30 heavy (non-hydrogen) atoms. The number of alkyl halides is 1. The Labute approximate surface area is 180 Å². The predicted octanol–water partition coefficient (Wildman–Crippen LogP) is 8.50. The summed E-state index contributed by atoms with van der Waals surface area (Å²) in [4.78, 5) is 0. The van der Waals surface area contributed by atoms with E-state index in [0.29, 0.717) is 12.0 Å². The summed E-state index contributed by atoms with van der Waals surface area (Å²) in [7, 11) is -0.557. The number of unbranched alkanes of at least 4 members (excludes halogenated alkanes) is 1. The smallest absolute Gasteiger partial charge is 0.251 e. The molecule has 0 N–H and O–H groups in total. The summed E-state index contributed by atoms with van der Waals surface area (Å²) >= 11 is 0. The van der Waals surface area contributed by atoms with Crippen LogP contribution in [-0.2, 0) is 0 Å². The first-order valence-electron chi connectivity index (χ1n) is 11.9. The molecule has 1 aromatic rings. The van der Waals surface area contributed by atoms with Crippen LogP contribution in [0.2, 0.25) is 18.1 Å². The zero-order chi connectivity index (χ0) is 21.3. The molecule has 1 aliphatic carbocycles. The van der Waals surface area contributed by atoms with Crippen molar-refractivity contribution in [3.05, 3.63) is 41.2 Å². The molecule has 0 nitrogen and oxygen atoms in total. The summed E-state index contributed by atoms with van der Waals surface area (Å²) < 4.78 is 51.1. The molecule has 1 aliphatic heterocycles. The summed E-state index contributed by atoms with van der Waals surface area (Å²) in [5.74, 6) is 1.49. The van der Waals surface area contributed by atoms with Gasteiger partial charge in [-0.3, -0.25) is 4.39 Å². The number of halogens is 4. The zero-order valence-electron chi connectivity index (χ0n) is 18.0. The van der Waals surface area contributed by atoms with E-state index in [1.165, 1.54) is 68.8 Å². The average molecular weight is 441 g/mol. The van der Waals surface area contributed by atoms with Crippen LogP contribution in [0.25, 0.3) is 6.08 Å². The van der Waals surface area contributed by atoms with Crippen LogP contribution < -0.4 is 0 Å². The Bertz CT molecular complexity index is 670. The molecule has 0 spiro atoms. The van der Waals surface area contributed by atoms with Crippen molar-refractivity contribution in [2.24, 2.45) is 11.8 Å². The fourth-order valence-electron chi connectivity index (χ4n) is 5.62. The highest BCUT2D eigenvalue weighted by molar-refractivity contribution is 6.58. The lowest BCUT2D eigenvalue weighted by Gasteiger charge is -2.32. The van der Waals surface area contributed by atoms with Crippen LogP contribution in [0.5, 0.6) is 0 Å². The van der Waals surface area contributed by atoms with Gasteiger partial charge >= 0.3 is 0 Å². The molecule has 168 valence electrons. The Balaban J connectivity index is 1.36. The molecule has 1 aromatic carbocycles. The molecule has 2 fully saturated rings. The number of hydrogen-bond donors (Lipinski definition) is 0. The summed E-state index contributed by atoms with van der Waals surface area (Å²) in [6.07, 6.45) is 10.6. The highest BCUT2D eigenvalue weighted by Crippen LogP contribution is 2.40. The van der Waals surface area contributed by atoms with Gasteiger partial charge in [-0.1, -0.05) is 62.4 Å². The van der Waals surface area contributed by atoms with Crippen molar-refractivity contribution in [2.45, 2.75) is 88.3 Å². The first kappa shape index (κ1) is 23.6. The summed E-state index contributed by atoms with van der Waals surface area (Å²) in [6.45, 7) is -0.150. The predicted molar refractivity (Wildman–Crippen MR) is 120 cm³/mol. The van der Waals surface area contributed by atoms with Crippen molar-refractivity contribution in [2.75, 3.05) is 6.67 Å². The van der Waals surface area contributed by atoms with Gasteiger partial charge in [0.1, 0.15) is 5.82 Å². The minimum atomic E-state index is -1.87. The Kier molecular flexibility index (Phi) is 9.48. The lowest BCUT2D eigenvalue weighted by atomic mass is 9.76. The zero-order valence-corrected chi connectivity index (χ0v) is 19.2. The van der Waals surface area contributed by atoms with Crippen LogP contribution in [-0.4, -0.2) is 15.5 Å². The standard InChI is InChI=1S/C25H36F4Si/c26-13-1-2-14-30-15-11-20(12-16-30)4-3-19-5-7-21(8-6-19)22-9-10-23(18-25(28)29)24(27)17-22/h9-10,17-21,30H,1-8,11-16H2/t19-,20-,21-,30-. The molecule has 2 aliphatic rings. The fraction of sp³-hybridized carbons (Fsp3) is 0.680. The Morgan fingerprint density at radius 1 is 0.933 bits per heavy atom. The Morgan fingerprint density at radius 2 is 1.60 bits per heavy atom. The number of rotatable bonds is 9. The van der Waals surface area contributed by atoms with E-state index in [9.17, 15) is 17.6 Å². The average Bonchev–Trinajstić information content (AvgIpc) is 2.75. The molecule has 5 heteroatoms. The maximum absolute atomic E-state index is 14.1. The highest BCUT2D eigenvalue weighted by Gasteiger charge is 2.26. The van der Waals surface area contributed by atoms with Gasteiger partial charge in [0, 0.05) is 20.4 Å². The third-order valence-corrected chi connectivity index (χ3v) is 11.1. The second-order valence-electron chi connectivity index (χ2n) is 9.58. The lowest BCUT2D eigenvalue weighted by Crippen LogP contribution is -2.22. The minimum Gasteiger partial charge on any atom is -0.251 e. The second-order valence-corrected chi connectivity index (χ2v) is 13.0. The van der Waals surface area contributed by atoms with Gasteiger partial charge in [0.25, 0.3) is 6.08 Å². The molecule has 0 radical (unpaired) electrons. The van der Waals surface area contributed by atoms with E-state index >= 15 is 0 Å².